The molecule has 0 aromatic carbocycles. The molecule has 0 aliphatic rings. The maximum atomic E-state index is 11.5. The van der Waals surface area contributed by atoms with Gasteiger partial charge in [0.2, 0.25) is 0 Å². The van der Waals surface area contributed by atoms with E-state index in [1.807, 2.05) is 0 Å². The quantitative estimate of drug-likeness (QED) is 0.663. The van der Waals surface area contributed by atoms with E-state index < -0.39 is 0 Å². The van der Waals surface area contributed by atoms with Crippen LogP contribution in [0, 0.1) is 0 Å². The molecule has 1 amide bonds. The molecule has 2 N–H and O–H groups in total. The van der Waals surface area contributed by atoms with Crippen LogP contribution in [0.15, 0.2) is 21.2 Å². The van der Waals surface area contributed by atoms with E-state index in [-0.39, 0.29) is 11.7 Å². The first-order chi connectivity index (χ1) is 7.63. The molecule has 1 aromatic heterocycles. The number of hydrogen-bond donors (Lipinski definition) is 2. The van der Waals surface area contributed by atoms with Gasteiger partial charge in [-0.05, 0) is 46.7 Å². The van der Waals surface area contributed by atoms with Crippen LogP contribution < -0.4 is 10.6 Å². The van der Waals surface area contributed by atoms with Crippen molar-refractivity contribution in [1.29, 1.82) is 0 Å². The van der Waals surface area contributed by atoms with Gasteiger partial charge in [-0.2, -0.15) is 0 Å². The number of rotatable bonds is 4. The minimum Gasteiger partial charge on any atom is -0.444 e. The van der Waals surface area contributed by atoms with Gasteiger partial charge in [0.1, 0.15) is 0 Å². The number of thiocarbonyl (C=S) groups is 1. The molecule has 6 heteroatoms. The van der Waals surface area contributed by atoms with Crippen molar-refractivity contribution in [2.24, 2.45) is 0 Å². The van der Waals surface area contributed by atoms with Gasteiger partial charge in [0, 0.05) is 6.54 Å². The number of nitrogens with one attached hydrogen (secondary N) is 2. The molecular weight excluding hydrogens is 292 g/mol. The number of carbonyl (C=O) groups excluding carboxylic acids is 1. The van der Waals surface area contributed by atoms with Gasteiger partial charge >= 0.3 is 0 Å². The fourth-order valence-electron chi connectivity index (χ4n) is 1.02. The van der Waals surface area contributed by atoms with E-state index in [0.29, 0.717) is 9.78 Å². The minimum atomic E-state index is -0.348. The molecule has 0 spiro atoms. The summed E-state index contributed by atoms with van der Waals surface area (Å²) in [5, 5.41) is 5.80. The summed E-state index contributed by atoms with van der Waals surface area (Å²) >= 11 is 8.08. The second kappa shape index (κ2) is 6.65. The van der Waals surface area contributed by atoms with Gasteiger partial charge in [-0.15, -0.1) is 0 Å². The third-order valence-electron chi connectivity index (χ3n) is 1.84. The van der Waals surface area contributed by atoms with Crippen LogP contribution in [0.25, 0.3) is 0 Å². The van der Waals surface area contributed by atoms with Gasteiger partial charge in [0.05, 0.1) is 0 Å². The topological polar surface area (TPSA) is 54.3 Å². The number of furan rings is 1. The van der Waals surface area contributed by atoms with Gasteiger partial charge in [-0.3, -0.25) is 10.1 Å². The molecule has 0 fully saturated rings. The number of carbonyl (C=O) groups is 1. The zero-order valence-corrected chi connectivity index (χ0v) is 11.3. The Morgan fingerprint density at radius 2 is 2.31 bits per heavy atom. The lowest BCUT2D eigenvalue weighted by atomic mass is 10.3. The third kappa shape index (κ3) is 4.32. The molecule has 0 aliphatic carbocycles. The number of halogens is 1. The SMILES string of the molecule is CCCCNC(=S)NC(=O)c1ccc(Br)o1. The van der Waals surface area contributed by atoms with Crippen molar-refractivity contribution in [2.75, 3.05) is 6.54 Å². The van der Waals surface area contributed by atoms with E-state index in [4.69, 9.17) is 16.6 Å². The molecule has 0 atom stereocenters. The fourth-order valence-corrected chi connectivity index (χ4v) is 1.53. The fraction of sp³-hybridized carbons (Fsp3) is 0.400. The van der Waals surface area contributed by atoms with Gasteiger partial charge in [-0.25, -0.2) is 0 Å². The van der Waals surface area contributed by atoms with Crippen LogP contribution in [0.2, 0.25) is 0 Å². The first-order valence-corrected chi connectivity index (χ1v) is 6.18. The van der Waals surface area contributed by atoms with Crippen molar-refractivity contribution in [3.05, 3.63) is 22.6 Å². The highest BCUT2D eigenvalue weighted by Crippen LogP contribution is 2.13. The Labute approximate surface area is 108 Å². The van der Waals surface area contributed by atoms with E-state index in [9.17, 15) is 4.79 Å². The van der Waals surface area contributed by atoms with E-state index in [2.05, 4.69) is 33.5 Å². The molecule has 16 heavy (non-hydrogen) atoms. The van der Waals surface area contributed by atoms with Gasteiger partial charge in [0.15, 0.2) is 15.5 Å². The Bertz CT molecular complexity index is 379. The van der Waals surface area contributed by atoms with Gasteiger partial charge in [0.25, 0.3) is 5.91 Å². The van der Waals surface area contributed by atoms with Crippen molar-refractivity contribution in [2.45, 2.75) is 19.8 Å². The lowest BCUT2D eigenvalue weighted by molar-refractivity contribution is 0.0948. The van der Waals surface area contributed by atoms with Crippen LogP contribution in [-0.4, -0.2) is 17.6 Å². The molecule has 0 saturated heterocycles. The summed E-state index contributed by atoms with van der Waals surface area (Å²) in [4.78, 5) is 11.5. The average Bonchev–Trinajstić information content (AvgIpc) is 2.65. The molecule has 4 nitrogen and oxygen atoms in total. The molecule has 1 heterocycles. The number of hydrogen-bond acceptors (Lipinski definition) is 3. The molecule has 0 bridgehead atoms. The van der Waals surface area contributed by atoms with Crippen molar-refractivity contribution in [3.63, 3.8) is 0 Å². The summed E-state index contributed by atoms with van der Waals surface area (Å²) in [6.45, 7) is 2.85. The maximum absolute atomic E-state index is 11.5. The molecule has 0 aliphatic heterocycles. The first kappa shape index (κ1) is 13.2. The van der Waals surface area contributed by atoms with Gasteiger partial charge < -0.3 is 9.73 Å². The number of amides is 1. The third-order valence-corrected chi connectivity index (χ3v) is 2.51. The Balaban J connectivity index is 2.37. The summed E-state index contributed by atoms with van der Waals surface area (Å²) < 4.78 is 5.61. The Morgan fingerprint density at radius 3 is 2.88 bits per heavy atom. The second-order valence-electron chi connectivity index (χ2n) is 3.17. The lowest BCUT2D eigenvalue weighted by Gasteiger charge is -2.07. The van der Waals surface area contributed by atoms with E-state index >= 15 is 0 Å². The lowest BCUT2D eigenvalue weighted by Crippen LogP contribution is -2.39. The maximum Gasteiger partial charge on any atom is 0.293 e. The predicted molar refractivity (Wildman–Crippen MR) is 69.4 cm³/mol. The largest absolute Gasteiger partial charge is 0.444 e. The van der Waals surface area contributed by atoms with Crippen molar-refractivity contribution in [3.8, 4) is 0 Å². The molecule has 1 aromatic rings. The van der Waals surface area contributed by atoms with Crippen molar-refractivity contribution >= 4 is 39.2 Å². The Kier molecular flexibility index (Phi) is 5.48. The molecule has 88 valence electrons. The summed E-state index contributed by atoms with van der Waals surface area (Å²) in [5.41, 5.74) is 0. The monoisotopic (exact) mass is 304 g/mol. The van der Waals surface area contributed by atoms with Crippen LogP contribution in [0.3, 0.4) is 0 Å². The Hall–Kier alpha value is -0.880. The summed E-state index contributed by atoms with van der Waals surface area (Å²) in [7, 11) is 0. The summed E-state index contributed by atoms with van der Waals surface area (Å²) in [5.74, 6) is -0.119. The van der Waals surface area contributed by atoms with Crippen LogP contribution >= 0.6 is 28.1 Å². The van der Waals surface area contributed by atoms with Crippen LogP contribution in [-0.2, 0) is 0 Å². The average molecular weight is 305 g/mol. The zero-order chi connectivity index (χ0) is 12.0. The van der Waals surface area contributed by atoms with Crippen LogP contribution in [0.5, 0.6) is 0 Å². The van der Waals surface area contributed by atoms with Crippen LogP contribution in [0.1, 0.15) is 30.3 Å². The highest BCUT2D eigenvalue weighted by atomic mass is 79.9. The van der Waals surface area contributed by atoms with E-state index in [1.54, 1.807) is 12.1 Å². The van der Waals surface area contributed by atoms with Crippen LogP contribution in [0.4, 0.5) is 0 Å². The molecule has 1 rings (SSSR count). The summed E-state index contributed by atoms with van der Waals surface area (Å²) in [6, 6.07) is 3.23. The Morgan fingerprint density at radius 1 is 1.56 bits per heavy atom. The van der Waals surface area contributed by atoms with E-state index in [0.717, 1.165) is 19.4 Å². The normalized spacial score (nSPS) is 9.88. The highest BCUT2D eigenvalue weighted by Gasteiger charge is 2.11. The second-order valence-corrected chi connectivity index (χ2v) is 4.36. The predicted octanol–water partition coefficient (Wildman–Crippen LogP) is 2.45. The van der Waals surface area contributed by atoms with Gasteiger partial charge in [-0.1, -0.05) is 13.3 Å². The smallest absolute Gasteiger partial charge is 0.293 e. The molecule has 0 unspecified atom stereocenters. The summed E-state index contributed by atoms with van der Waals surface area (Å²) in [6.07, 6.45) is 2.09. The zero-order valence-electron chi connectivity index (χ0n) is 8.88. The molecule has 0 radical (unpaired) electrons. The van der Waals surface area contributed by atoms with E-state index in [1.165, 1.54) is 0 Å². The highest BCUT2D eigenvalue weighted by molar-refractivity contribution is 9.10. The van der Waals surface area contributed by atoms with Crippen molar-refractivity contribution < 1.29 is 9.21 Å². The minimum absolute atomic E-state index is 0.228. The van der Waals surface area contributed by atoms with Crippen molar-refractivity contribution in [1.82, 2.24) is 10.6 Å². The molecule has 0 saturated carbocycles. The standard InChI is InChI=1S/C10H13BrN2O2S/c1-2-3-6-12-10(16)13-9(14)7-4-5-8(11)15-7/h4-5H,2-3,6H2,1H3,(H2,12,13,14,16). The molecular formula is C10H13BrN2O2S. The number of unbranched alkanes of at least 4 members (excludes halogenated alkanes) is 1. The first-order valence-electron chi connectivity index (χ1n) is 4.98.